The molecule has 7 aromatic rings. The molecule has 2 aliphatic heterocycles. The van der Waals surface area contributed by atoms with Crippen molar-refractivity contribution in [1.82, 2.24) is 9.97 Å². The molecule has 2 aliphatic rings. The predicted molar refractivity (Wildman–Crippen MR) is 208 cm³/mol. The van der Waals surface area contributed by atoms with Crippen LogP contribution >= 0.6 is 0 Å². The third-order valence-corrected chi connectivity index (χ3v) is 9.86. The summed E-state index contributed by atoms with van der Waals surface area (Å²) < 4.78 is 12.7. The van der Waals surface area contributed by atoms with Crippen molar-refractivity contribution in [2.45, 2.75) is 40.5 Å². The van der Waals surface area contributed by atoms with Crippen LogP contribution in [0.15, 0.2) is 128 Å². The van der Waals surface area contributed by atoms with E-state index in [0.717, 1.165) is 61.9 Å². The van der Waals surface area contributed by atoms with Gasteiger partial charge in [-0.05, 0) is 71.4 Å². The maximum absolute atomic E-state index is 6.47. The molecular weight excluding hydrogens is 816 g/mol. The zero-order valence-electron chi connectivity index (χ0n) is 29.8. The third kappa shape index (κ3) is 6.61. The summed E-state index contributed by atoms with van der Waals surface area (Å²) in [4.78, 5) is 9.19. The Kier molecular flexibility index (Phi) is 9.97. The zero-order valence-corrected chi connectivity index (χ0v) is 32.2. The Balaban J connectivity index is 0.000000169. The molecule has 0 N–H and O–H groups in total. The van der Waals surface area contributed by atoms with Crippen LogP contribution in [0.1, 0.15) is 42.0 Å². The fourth-order valence-corrected chi connectivity index (χ4v) is 6.87. The van der Waals surface area contributed by atoms with Gasteiger partial charge in [-0.2, -0.15) is 0 Å². The van der Waals surface area contributed by atoms with Crippen molar-refractivity contribution in [3.8, 4) is 56.6 Å². The van der Waals surface area contributed by atoms with Crippen molar-refractivity contribution in [3.05, 3.63) is 162 Å². The molecule has 257 valence electrons. The average molecular weight is 853 g/mol. The number of aryl methyl sites for hydroxylation is 3. The average Bonchev–Trinajstić information content (AvgIpc) is 3.16. The molecule has 4 nitrogen and oxygen atoms in total. The number of nitrogens with zero attached hydrogens (tertiary/aromatic N) is 2. The first-order valence-electron chi connectivity index (χ1n) is 17.5. The van der Waals surface area contributed by atoms with Crippen LogP contribution in [0, 0.1) is 32.9 Å². The van der Waals surface area contributed by atoms with Gasteiger partial charge >= 0.3 is 0 Å². The van der Waals surface area contributed by atoms with E-state index in [1.807, 2.05) is 48.8 Å². The van der Waals surface area contributed by atoms with Crippen molar-refractivity contribution < 1.29 is 29.6 Å². The molecule has 0 bridgehead atoms. The van der Waals surface area contributed by atoms with Crippen LogP contribution in [0.25, 0.3) is 33.6 Å². The van der Waals surface area contributed by atoms with Gasteiger partial charge in [-0.1, -0.05) is 127 Å². The number of para-hydroxylation sites is 2. The summed E-state index contributed by atoms with van der Waals surface area (Å²) in [5, 5.41) is 0. The minimum absolute atomic E-state index is 0. The van der Waals surface area contributed by atoms with E-state index in [0.29, 0.717) is 5.92 Å². The molecule has 0 unspecified atom stereocenters. The summed E-state index contributed by atoms with van der Waals surface area (Å²) in [6, 6.07) is 46.2. The van der Waals surface area contributed by atoms with Gasteiger partial charge in [-0.15, -0.1) is 41.5 Å². The molecule has 2 aromatic heterocycles. The molecule has 9 rings (SSSR count). The van der Waals surface area contributed by atoms with E-state index in [9.17, 15) is 0 Å². The summed E-state index contributed by atoms with van der Waals surface area (Å²) in [7, 11) is 0. The predicted octanol–water partition coefficient (Wildman–Crippen LogP) is 9.54. The van der Waals surface area contributed by atoms with Crippen molar-refractivity contribution in [1.29, 1.82) is 0 Å². The second-order valence-corrected chi connectivity index (χ2v) is 13.6. The number of fused-ring (bicyclic) bond motifs is 4. The Morgan fingerprint density at radius 3 is 2.04 bits per heavy atom. The summed E-state index contributed by atoms with van der Waals surface area (Å²) in [6.07, 6.45) is 3.80. The van der Waals surface area contributed by atoms with Crippen LogP contribution in [0.4, 0.5) is 0 Å². The first-order chi connectivity index (χ1) is 24.9. The topological polar surface area (TPSA) is 44.2 Å². The monoisotopic (exact) mass is 853 g/mol. The fourth-order valence-electron chi connectivity index (χ4n) is 6.87. The van der Waals surface area contributed by atoms with E-state index in [4.69, 9.17) is 9.47 Å². The second kappa shape index (κ2) is 14.8. The number of hydrogen-bond donors (Lipinski definition) is 0. The molecule has 4 heterocycles. The van der Waals surface area contributed by atoms with E-state index in [1.54, 1.807) is 0 Å². The van der Waals surface area contributed by atoms with Gasteiger partial charge in [0, 0.05) is 44.0 Å². The Hall–Kier alpha value is -5.29. The maximum atomic E-state index is 6.47. The van der Waals surface area contributed by atoms with Gasteiger partial charge in [0.15, 0.2) is 0 Å². The maximum Gasteiger partial charge on any atom is 0.239 e. The van der Waals surface area contributed by atoms with Gasteiger partial charge in [0.05, 0.1) is 0 Å². The van der Waals surface area contributed by atoms with E-state index < -0.39 is 0 Å². The molecule has 0 saturated heterocycles. The molecule has 0 aliphatic carbocycles. The molecule has 52 heavy (non-hydrogen) atoms. The molecule has 0 saturated carbocycles. The minimum atomic E-state index is 0. The molecule has 6 heteroatoms. The fraction of sp³-hybridized carbons (Fsp3) is 0.130. The molecular formula is C46H37BIrN2O2-2. The van der Waals surface area contributed by atoms with Gasteiger partial charge in [0.2, 0.25) is 6.71 Å². The zero-order chi connectivity index (χ0) is 35.1. The first kappa shape index (κ1) is 35.1. The van der Waals surface area contributed by atoms with Crippen LogP contribution in [-0.4, -0.2) is 16.7 Å². The van der Waals surface area contributed by atoms with Gasteiger partial charge in [0.1, 0.15) is 11.5 Å². The standard InChI is InChI=1S/C26H19BNO2.C20H18N.Ir/c1-16(2)17-13-14-28-21(15-17)18-11-12-24-25-26(18)30-23-10-6-4-8-20(23)27(25)19-7-3-5-9-22(19)29-24;1-14-9-10-18(20-11-15(2)16(3)13-21-20)12-19(14)17-7-5-4-6-8-17;/h3-10,12-16H,1-2H3;4-9,11-13H,1-3H3;/q2*-1;. The number of aromatic nitrogens is 2. The van der Waals surface area contributed by atoms with E-state index in [1.165, 1.54) is 33.4 Å². The smallest absolute Gasteiger partial charge is 0.239 e. The summed E-state index contributed by atoms with van der Waals surface area (Å²) >= 11 is 0. The van der Waals surface area contributed by atoms with E-state index in [2.05, 4.69) is 136 Å². The quantitative estimate of drug-likeness (QED) is 0.131. The normalized spacial score (nSPS) is 11.8. The van der Waals surface area contributed by atoms with Crippen molar-refractivity contribution >= 4 is 23.1 Å². The molecule has 0 atom stereocenters. The molecule has 5 aromatic carbocycles. The van der Waals surface area contributed by atoms with Gasteiger partial charge < -0.3 is 19.4 Å². The summed E-state index contributed by atoms with van der Waals surface area (Å²) in [5.74, 6) is 3.77. The third-order valence-electron chi connectivity index (χ3n) is 9.86. The Labute approximate surface area is 320 Å². The van der Waals surface area contributed by atoms with Crippen LogP contribution in [0.3, 0.4) is 0 Å². The van der Waals surface area contributed by atoms with Crippen molar-refractivity contribution in [3.63, 3.8) is 0 Å². The largest absolute Gasteiger partial charge is 0.503 e. The Morgan fingerprint density at radius 1 is 0.635 bits per heavy atom. The van der Waals surface area contributed by atoms with Gasteiger partial charge in [-0.25, -0.2) is 0 Å². The first-order valence-corrected chi connectivity index (χ1v) is 17.5. The van der Waals surface area contributed by atoms with E-state index in [-0.39, 0.29) is 26.8 Å². The number of pyridine rings is 2. The summed E-state index contributed by atoms with van der Waals surface area (Å²) in [6.45, 7) is 10.8. The Morgan fingerprint density at radius 2 is 1.33 bits per heavy atom. The van der Waals surface area contributed by atoms with Crippen molar-refractivity contribution in [2.75, 3.05) is 0 Å². The second-order valence-electron chi connectivity index (χ2n) is 13.6. The van der Waals surface area contributed by atoms with Gasteiger partial charge in [0.25, 0.3) is 0 Å². The number of ether oxygens (including phenoxy) is 2. The Bertz CT molecular complexity index is 2400. The van der Waals surface area contributed by atoms with E-state index >= 15 is 0 Å². The number of benzene rings is 5. The SMILES string of the molecule is CC(C)c1ccnc(-c2[c-]cc3c4c2Oc2ccccc2B4c2ccccc2O3)c1.Cc1cnc(-c2[c-]cc(C)c(-c3ccccc3)c2)cc1C.[Ir]. The van der Waals surface area contributed by atoms with Gasteiger partial charge in [-0.3, -0.25) is 0 Å². The molecule has 0 fully saturated rings. The van der Waals surface area contributed by atoms with Crippen LogP contribution in [0.2, 0.25) is 0 Å². The summed E-state index contributed by atoms with van der Waals surface area (Å²) in [5.41, 5.74) is 14.6. The minimum Gasteiger partial charge on any atom is -0.503 e. The molecule has 0 amide bonds. The van der Waals surface area contributed by atoms with Crippen LogP contribution in [0.5, 0.6) is 23.0 Å². The van der Waals surface area contributed by atoms with Crippen molar-refractivity contribution in [2.24, 2.45) is 0 Å². The van der Waals surface area contributed by atoms with Crippen LogP contribution < -0.4 is 25.9 Å². The number of hydrogen-bond acceptors (Lipinski definition) is 4. The number of rotatable bonds is 4. The molecule has 1 radical (unpaired) electrons. The molecule has 0 spiro atoms. The van der Waals surface area contributed by atoms with Crippen LogP contribution in [-0.2, 0) is 20.1 Å².